The summed E-state index contributed by atoms with van der Waals surface area (Å²) in [5.74, 6) is -0.00582. The average molecular weight is 421 g/mol. The molecule has 0 aliphatic carbocycles. The topological polar surface area (TPSA) is 52.9 Å². The summed E-state index contributed by atoms with van der Waals surface area (Å²) >= 11 is 0. The first kappa shape index (κ1) is 20.0. The Balaban J connectivity index is 1.77. The largest absolute Gasteiger partial charge is 0.507 e. The standard InChI is InChI=1S/C28H24N2O2/c1-4-30-23-15-13-22(28(32)20-11-7-18(3)8-12-20)26-24(31)16-14-21(25(23)26)27(29-30)19-9-5-17(2)6-10-19/h5-16,31H,4H2,1-3H3. The van der Waals surface area contributed by atoms with Crippen LogP contribution in [0.1, 0.15) is 45.1 Å². The number of hydrogen-bond donors (Lipinski definition) is 1. The summed E-state index contributed by atoms with van der Waals surface area (Å²) in [6, 6.07) is 23.1. The lowest BCUT2D eigenvalue weighted by Crippen LogP contribution is -2.24. The predicted octanol–water partition coefficient (Wildman–Crippen LogP) is 5.99. The Morgan fingerprint density at radius 2 is 1.50 bits per heavy atom. The van der Waals surface area contributed by atoms with Crippen LogP contribution in [0.2, 0.25) is 0 Å². The minimum absolute atomic E-state index is 0.0993. The molecule has 1 aliphatic rings. The highest BCUT2D eigenvalue weighted by Crippen LogP contribution is 2.41. The number of hydrogen-bond acceptors (Lipinski definition) is 4. The molecule has 0 amide bonds. The Labute approximate surface area is 187 Å². The number of phenolic OH excluding ortho intramolecular Hbond substituents is 1. The summed E-state index contributed by atoms with van der Waals surface area (Å²) in [7, 11) is 0. The smallest absolute Gasteiger partial charge is 0.193 e. The van der Waals surface area contributed by atoms with Crippen molar-refractivity contribution in [2.45, 2.75) is 20.8 Å². The number of aryl methyl sites for hydroxylation is 2. The van der Waals surface area contributed by atoms with Crippen LogP contribution in [0.4, 0.5) is 5.69 Å². The van der Waals surface area contributed by atoms with Gasteiger partial charge in [-0.3, -0.25) is 9.80 Å². The summed E-state index contributed by atoms with van der Waals surface area (Å²) < 4.78 is 0. The van der Waals surface area contributed by atoms with Crippen molar-refractivity contribution in [1.29, 1.82) is 0 Å². The molecule has 4 aromatic rings. The Morgan fingerprint density at radius 1 is 0.844 bits per heavy atom. The number of carbonyl (C=O) groups is 1. The zero-order valence-electron chi connectivity index (χ0n) is 18.4. The third-order valence-electron chi connectivity index (χ3n) is 6.05. The molecule has 5 rings (SSSR count). The van der Waals surface area contributed by atoms with E-state index < -0.39 is 0 Å². The van der Waals surface area contributed by atoms with Gasteiger partial charge < -0.3 is 5.11 Å². The number of carbonyl (C=O) groups excluding carboxylic acids is 1. The molecule has 158 valence electrons. The van der Waals surface area contributed by atoms with Gasteiger partial charge in [-0.25, -0.2) is 0 Å². The van der Waals surface area contributed by atoms with Crippen molar-refractivity contribution in [2.24, 2.45) is 5.10 Å². The number of benzene rings is 4. The molecular weight excluding hydrogens is 396 g/mol. The van der Waals surface area contributed by atoms with Crippen LogP contribution in [-0.4, -0.2) is 23.1 Å². The van der Waals surface area contributed by atoms with Crippen LogP contribution < -0.4 is 5.01 Å². The second kappa shape index (κ2) is 7.65. The van der Waals surface area contributed by atoms with E-state index in [9.17, 15) is 9.90 Å². The second-order valence-electron chi connectivity index (χ2n) is 8.24. The van der Waals surface area contributed by atoms with Crippen LogP contribution in [0.25, 0.3) is 10.8 Å². The van der Waals surface area contributed by atoms with Gasteiger partial charge in [0.25, 0.3) is 0 Å². The van der Waals surface area contributed by atoms with Crippen LogP contribution in [-0.2, 0) is 0 Å². The highest BCUT2D eigenvalue weighted by Gasteiger charge is 2.26. The number of nitrogens with zero attached hydrogens (tertiary/aromatic N) is 2. The fourth-order valence-electron chi connectivity index (χ4n) is 4.32. The molecule has 4 heteroatoms. The van der Waals surface area contributed by atoms with Crippen molar-refractivity contribution in [3.8, 4) is 5.75 Å². The van der Waals surface area contributed by atoms with E-state index in [1.807, 2.05) is 55.3 Å². The Morgan fingerprint density at radius 3 is 2.16 bits per heavy atom. The van der Waals surface area contributed by atoms with Crippen LogP contribution in [0.5, 0.6) is 5.75 Å². The van der Waals surface area contributed by atoms with Gasteiger partial charge in [-0.2, -0.15) is 5.10 Å². The van der Waals surface area contributed by atoms with Crippen molar-refractivity contribution < 1.29 is 9.90 Å². The molecule has 0 atom stereocenters. The molecule has 4 nitrogen and oxygen atoms in total. The lowest BCUT2D eigenvalue weighted by Gasteiger charge is -2.28. The number of hydrazone groups is 1. The lowest BCUT2D eigenvalue weighted by atomic mass is 9.89. The normalized spacial score (nSPS) is 12.7. The van der Waals surface area contributed by atoms with Gasteiger partial charge in [0.05, 0.1) is 11.4 Å². The van der Waals surface area contributed by atoms with Crippen LogP contribution >= 0.6 is 0 Å². The first-order valence-electron chi connectivity index (χ1n) is 10.8. The Hall–Kier alpha value is -3.92. The quantitative estimate of drug-likeness (QED) is 0.413. The number of ketones is 1. The zero-order chi connectivity index (χ0) is 22.4. The second-order valence-corrected chi connectivity index (χ2v) is 8.24. The first-order chi connectivity index (χ1) is 15.5. The predicted molar refractivity (Wildman–Crippen MR) is 130 cm³/mol. The van der Waals surface area contributed by atoms with Crippen LogP contribution in [0.3, 0.4) is 0 Å². The molecule has 1 heterocycles. The molecule has 0 bridgehead atoms. The average Bonchev–Trinajstić information content (AvgIpc) is 2.81. The van der Waals surface area contributed by atoms with E-state index in [0.29, 0.717) is 23.1 Å². The molecule has 1 N–H and O–H groups in total. The van der Waals surface area contributed by atoms with Crippen LogP contribution in [0, 0.1) is 13.8 Å². The fourth-order valence-corrected chi connectivity index (χ4v) is 4.32. The Bertz CT molecular complexity index is 1380. The van der Waals surface area contributed by atoms with Gasteiger partial charge in [-0.05, 0) is 45.0 Å². The molecule has 0 fully saturated rings. The molecule has 0 unspecified atom stereocenters. The third kappa shape index (κ3) is 3.16. The maximum atomic E-state index is 13.4. The number of phenols is 1. The summed E-state index contributed by atoms with van der Waals surface area (Å²) in [5.41, 5.74) is 7.02. The molecule has 4 aromatic carbocycles. The molecule has 0 saturated heterocycles. The lowest BCUT2D eigenvalue weighted by molar-refractivity contribution is 0.104. The van der Waals surface area contributed by atoms with Crippen LogP contribution in [0.15, 0.2) is 77.9 Å². The minimum atomic E-state index is -0.105. The summed E-state index contributed by atoms with van der Waals surface area (Å²) in [6.45, 7) is 6.77. The zero-order valence-corrected chi connectivity index (χ0v) is 18.4. The highest BCUT2D eigenvalue weighted by atomic mass is 16.3. The van der Waals surface area contributed by atoms with Gasteiger partial charge in [0.1, 0.15) is 5.75 Å². The van der Waals surface area contributed by atoms with E-state index in [0.717, 1.165) is 33.5 Å². The van der Waals surface area contributed by atoms with E-state index in [2.05, 4.69) is 31.2 Å². The SMILES string of the molecule is CCN1N=C(c2ccc(C)cc2)c2ccc(O)c3c(C(=O)c4ccc(C)cc4)ccc1c23. The van der Waals surface area contributed by atoms with Gasteiger partial charge in [-0.1, -0.05) is 59.7 Å². The van der Waals surface area contributed by atoms with Crippen molar-refractivity contribution >= 4 is 28.0 Å². The van der Waals surface area contributed by atoms with E-state index >= 15 is 0 Å². The van der Waals surface area contributed by atoms with E-state index in [-0.39, 0.29) is 11.5 Å². The maximum absolute atomic E-state index is 13.4. The summed E-state index contributed by atoms with van der Waals surface area (Å²) in [5, 5.41) is 19.2. The minimum Gasteiger partial charge on any atom is -0.507 e. The van der Waals surface area contributed by atoms with Gasteiger partial charge in [0.15, 0.2) is 5.78 Å². The number of aromatic hydroxyl groups is 1. The third-order valence-corrected chi connectivity index (χ3v) is 6.05. The number of anilines is 1. The summed E-state index contributed by atoms with van der Waals surface area (Å²) in [4.78, 5) is 13.4. The van der Waals surface area contributed by atoms with Crippen molar-refractivity contribution in [2.75, 3.05) is 11.6 Å². The molecule has 0 radical (unpaired) electrons. The highest BCUT2D eigenvalue weighted by molar-refractivity contribution is 6.28. The monoisotopic (exact) mass is 420 g/mol. The van der Waals surface area contributed by atoms with Crippen molar-refractivity contribution in [1.82, 2.24) is 0 Å². The molecule has 0 saturated carbocycles. The summed E-state index contributed by atoms with van der Waals surface area (Å²) in [6.07, 6.45) is 0. The van der Waals surface area contributed by atoms with Gasteiger partial charge in [0, 0.05) is 39.6 Å². The molecule has 1 aliphatic heterocycles. The molecule has 0 spiro atoms. The number of rotatable bonds is 4. The van der Waals surface area contributed by atoms with E-state index in [1.165, 1.54) is 5.56 Å². The van der Waals surface area contributed by atoms with Crippen molar-refractivity contribution in [3.05, 3.63) is 106 Å². The first-order valence-corrected chi connectivity index (χ1v) is 10.8. The molecule has 32 heavy (non-hydrogen) atoms. The van der Waals surface area contributed by atoms with E-state index in [1.54, 1.807) is 12.1 Å². The van der Waals surface area contributed by atoms with Gasteiger partial charge in [0.2, 0.25) is 0 Å². The van der Waals surface area contributed by atoms with E-state index in [4.69, 9.17) is 5.10 Å². The van der Waals surface area contributed by atoms with Gasteiger partial charge >= 0.3 is 0 Å². The van der Waals surface area contributed by atoms with Gasteiger partial charge in [-0.15, -0.1) is 0 Å². The molecule has 0 aromatic heterocycles. The van der Waals surface area contributed by atoms with Crippen molar-refractivity contribution in [3.63, 3.8) is 0 Å². The molecular formula is C28H24N2O2. The fraction of sp³-hybridized carbons (Fsp3) is 0.143. The maximum Gasteiger partial charge on any atom is 0.193 e. The Kier molecular flexibility index (Phi) is 4.78.